The van der Waals surface area contributed by atoms with Gasteiger partial charge in [0.05, 0.1) is 12.1 Å². The highest BCUT2D eigenvalue weighted by Gasteiger charge is 2.21. The number of benzene rings is 1. The minimum atomic E-state index is -0.595. The lowest BCUT2D eigenvalue weighted by molar-refractivity contribution is 0.0705. The number of ketones is 1. The Morgan fingerprint density at radius 3 is 2.43 bits per heavy atom. The van der Waals surface area contributed by atoms with E-state index in [1.807, 2.05) is 18.2 Å². The van der Waals surface area contributed by atoms with E-state index in [2.05, 4.69) is 0 Å². The van der Waals surface area contributed by atoms with Gasteiger partial charge in [-0.1, -0.05) is 30.3 Å². The molecule has 0 aliphatic carbocycles. The van der Waals surface area contributed by atoms with E-state index >= 15 is 0 Å². The molecule has 0 fully saturated rings. The molecule has 2 atom stereocenters. The third-order valence-electron chi connectivity index (χ3n) is 2.24. The van der Waals surface area contributed by atoms with E-state index in [0.717, 1.165) is 0 Å². The normalized spacial score (nSPS) is 14.8. The molecule has 0 saturated carbocycles. The van der Waals surface area contributed by atoms with Crippen LogP contribution in [0, 0.1) is 0 Å². The maximum absolute atomic E-state index is 11.7. The average Bonchev–Trinajstić information content (AvgIpc) is 2.27. The Morgan fingerprint density at radius 1 is 1.36 bits per heavy atom. The predicted molar refractivity (Wildman–Crippen MR) is 55.2 cm³/mol. The van der Waals surface area contributed by atoms with Crippen molar-refractivity contribution < 1.29 is 9.53 Å². The molecule has 0 aliphatic heterocycles. The summed E-state index contributed by atoms with van der Waals surface area (Å²) in [7, 11) is 1.54. The van der Waals surface area contributed by atoms with Gasteiger partial charge in [-0.2, -0.15) is 0 Å². The summed E-state index contributed by atoms with van der Waals surface area (Å²) in [6.07, 6.45) is -0.261. The predicted octanol–water partition coefficient (Wildman–Crippen LogP) is 1.23. The Bertz CT molecular complexity index is 297. The van der Waals surface area contributed by atoms with Crippen molar-refractivity contribution >= 4 is 5.78 Å². The van der Waals surface area contributed by atoms with Crippen molar-refractivity contribution in [3.05, 3.63) is 35.9 Å². The number of Topliss-reactive ketones (excluding diaryl/α,β-unsaturated/α-hetero) is 1. The van der Waals surface area contributed by atoms with E-state index < -0.39 is 6.04 Å². The molecule has 1 aromatic rings. The van der Waals surface area contributed by atoms with Crippen LogP contribution in [0.2, 0.25) is 0 Å². The van der Waals surface area contributed by atoms with Crippen LogP contribution in [0.15, 0.2) is 30.3 Å². The standard InChI is InChI=1S/C11H15NO2/c1-8(14-2)10(12)11(13)9-6-4-3-5-7-9/h3-8,10H,12H2,1-2H3/t8-,10-/m1/s1. The zero-order valence-corrected chi connectivity index (χ0v) is 8.44. The molecule has 0 unspecified atom stereocenters. The number of nitrogens with two attached hydrogens (primary N) is 1. The Hall–Kier alpha value is -1.19. The van der Waals surface area contributed by atoms with Gasteiger partial charge in [-0.05, 0) is 6.92 Å². The van der Waals surface area contributed by atoms with E-state index in [9.17, 15) is 4.79 Å². The second kappa shape index (κ2) is 4.88. The molecular weight excluding hydrogens is 178 g/mol. The van der Waals surface area contributed by atoms with Crippen LogP contribution in [-0.4, -0.2) is 25.0 Å². The number of ether oxygens (including phenoxy) is 1. The first-order valence-electron chi connectivity index (χ1n) is 4.54. The molecule has 0 radical (unpaired) electrons. The SMILES string of the molecule is CO[C@H](C)[C@@H](N)C(=O)c1ccccc1. The number of methoxy groups -OCH3 is 1. The minimum Gasteiger partial charge on any atom is -0.380 e. The van der Waals surface area contributed by atoms with Crippen LogP contribution >= 0.6 is 0 Å². The van der Waals surface area contributed by atoms with E-state index in [1.54, 1.807) is 26.2 Å². The summed E-state index contributed by atoms with van der Waals surface area (Å²) < 4.78 is 5.01. The highest BCUT2D eigenvalue weighted by molar-refractivity contribution is 6.00. The van der Waals surface area contributed by atoms with Gasteiger partial charge < -0.3 is 10.5 Å². The Labute approximate surface area is 83.9 Å². The maximum atomic E-state index is 11.7. The van der Waals surface area contributed by atoms with Crippen LogP contribution in [-0.2, 0) is 4.74 Å². The average molecular weight is 193 g/mol. The van der Waals surface area contributed by atoms with Crippen LogP contribution in [0.4, 0.5) is 0 Å². The summed E-state index contributed by atoms with van der Waals surface area (Å²) in [4.78, 5) is 11.7. The fraction of sp³-hybridized carbons (Fsp3) is 0.364. The third kappa shape index (κ3) is 2.40. The molecule has 0 heterocycles. The Kier molecular flexibility index (Phi) is 3.80. The topological polar surface area (TPSA) is 52.3 Å². The van der Waals surface area contributed by atoms with E-state index in [4.69, 9.17) is 10.5 Å². The summed E-state index contributed by atoms with van der Waals surface area (Å²) >= 11 is 0. The third-order valence-corrected chi connectivity index (χ3v) is 2.24. The first-order valence-corrected chi connectivity index (χ1v) is 4.54. The second-order valence-corrected chi connectivity index (χ2v) is 3.20. The fourth-order valence-electron chi connectivity index (χ4n) is 1.15. The van der Waals surface area contributed by atoms with Crippen molar-refractivity contribution in [3.63, 3.8) is 0 Å². The lowest BCUT2D eigenvalue weighted by atomic mass is 10.0. The van der Waals surface area contributed by atoms with Crippen molar-refractivity contribution in [2.75, 3.05) is 7.11 Å². The summed E-state index contributed by atoms with van der Waals surface area (Å²) in [5.41, 5.74) is 6.36. The lowest BCUT2D eigenvalue weighted by Gasteiger charge is -2.16. The highest BCUT2D eigenvalue weighted by atomic mass is 16.5. The molecule has 0 amide bonds. The maximum Gasteiger partial charge on any atom is 0.182 e. The van der Waals surface area contributed by atoms with Gasteiger partial charge in [-0.25, -0.2) is 0 Å². The molecule has 0 spiro atoms. The Balaban J connectivity index is 2.76. The van der Waals surface area contributed by atoms with Crippen molar-refractivity contribution in [2.24, 2.45) is 5.73 Å². The second-order valence-electron chi connectivity index (χ2n) is 3.20. The van der Waals surface area contributed by atoms with Gasteiger partial charge in [0.25, 0.3) is 0 Å². The van der Waals surface area contributed by atoms with Crippen LogP contribution in [0.1, 0.15) is 17.3 Å². The molecule has 0 aromatic heterocycles. The first-order chi connectivity index (χ1) is 6.66. The largest absolute Gasteiger partial charge is 0.380 e. The molecule has 1 aromatic carbocycles. The zero-order chi connectivity index (χ0) is 10.6. The van der Waals surface area contributed by atoms with Crippen LogP contribution in [0.5, 0.6) is 0 Å². The van der Waals surface area contributed by atoms with Crippen molar-refractivity contribution in [2.45, 2.75) is 19.1 Å². The summed E-state index contributed by atoms with van der Waals surface area (Å²) in [5.74, 6) is -0.0834. The number of carbonyl (C=O) groups is 1. The van der Waals surface area contributed by atoms with Gasteiger partial charge in [0, 0.05) is 12.7 Å². The first kappa shape index (κ1) is 10.9. The lowest BCUT2D eigenvalue weighted by Crippen LogP contribution is -2.41. The molecule has 76 valence electrons. The summed E-state index contributed by atoms with van der Waals surface area (Å²) in [6, 6.07) is 8.41. The minimum absolute atomic E-state index is 0.0834. The number of carbonyl (C=O) groups excluding carboxylic acids is 1. The summed E-state index contributed by atoms with van der Waals surface area (Å²) in [6.45, 7) is 1.78. The van der Waals surface area contributed by atoms with Crippen molar-refractivity contribution in [3.8, 4) is 0 Å². The van der Waals surface area contributed by atoms with E-state index in [0.29, 0.717) is 5.56 Å². The van der Waals surface area contributed by atoms with E-state index in [1.165, 1.54) is 0 Å². The smallest absolute Gasteiger partial charge is 0.182 e. The molecule has 0 aliphatic rings. The van der Waals surface area contributed by atoms with Crippen LogP contribution in [0.3, 0.4) is 0 Å². The molecule has 14 heavy (non-hydrogen) atoms. The molecule has 0 saturated heterocycles. The van der Waals surface area contributed by atoms with Crippen LogP contribution < -0.4 is 5.73 Å². The van der Waals surface area contributed by atoms with Crippen molar-refractivity contribution in [1.29, 1.82) is 0 Å². The molecule has 1 rings (SSSR count). The molecule has 3 heteroatoms. The monoisotopic (exact) mass is 193 g/mol. The van der Waals surface area contributed by atoms with Gasteiger partial charge in [-0.3, -0.25) is 4.79 Å². The van der Waals surface area contributed by atoms with Crippen molar-refractivity contribution in [1.82, 2.24) is 0 Å². The van der Waals surface area contributed by atoms with Crippen LogP contribution in [0.25, 0.3) is 0 Å². The molecular formula is C11H15NO2. The number of rotatable bonds is 4. The highest BCUT2D eigenvalue weighted by Crippen LogP contribution is 2.06. The zero-order valence-electron chi connectivity index (χ0n) is 8.44. The fourth-order valence-corrected chi connectivity index (χ4v) is 1.15. The van der Waals surface area contributed by atoms with Gasteiger partial charge >= 0.3 is 0 Å². The molecule has 2 N–H and O–H groups in total. The molecule has 0 bridgehead atoms. The van der Waals surface area contributed by atoms with Gasteiger partial charge in [0.15, 0.2) is 5.78 Å². The quantitative estimate of drug-likeness (QED) is 0.732. The van der Waals surface area contributed by atoms with Gasteiger partial charge in [0.2, 0.25) is 0 Å². The van der Waals surface area contributed by atoms with Gasteiger partial charge in [-0.15, -0.1) is 0 Å². The molecule has 3 nitrogen and oxygen atoms in total. The van der Waals surface area contributed by atoms with Gasteiger partial charge in [0.1, 0.15) is 0 Å². The number of hydrogen-bond acceptors (Lipinski definition) is 3. The summed E-state index contributed by atoms with van der Waals surface area (Å²) in [5, 5.41) is 0. The van der Waals surface area contributed by atoms with E-state index in [-0.39, 0.29) is 11.9 Å². The number of hydrogen-bond donors (Lipinski definition) is 1. The Morgan fingerprint density at radius 2 is 1.93 bits per heavy atom.